The van der Waals surface area contributed by atoms with Crippen molar-refractivity contribution < 1.29 is 14.3 Å². The Morgan fingerprint density at radius 3 is 2.60 bits per heavy atom. The highest BCUT2D eigenvalue weighted by Gasteiger charge is 2.19. The van der Waals surface area contributed by atoms with Crippen molar-refractivity contribution in [2.45, 2.75) is 6.92 Å². The molecule has 0 atom stereocenters. The molecular weight excluding hydrogens is 274 g/mol. The van der Waals surface area contributed by atoms with Crippen molar-refractivity contribution in [2.24, 2.45) is 0 Å². The topological polar surface area (TPSA) is 48.4 Å². The predicted octanol–water partition coefficient (Wildman–Crippen LogP) is 3.67. The number of carbonyl (C=O) groups is 1. The Balaban J connectivity index is 2.54. The molecule has 1 aromatic carbocycles. The lowest BCUT2D eigenvalue weighted by atomic mass is 10.1. The van der Waals surface area contributed by atoms with Crippen LogP contribution in [0.4, 0.5) is 0 Å². The number of pyridine rings is 1. The van der Waals surface area contributed by atoms with Crippen molar-refractivity contribution in [1.29, 1.82) is 0 Å². The fourth-order valence-corrected chi connectivity index (χ4v) is 3.42. The number of nitrogens with zero attached hydrogens (tertiary/aromatic N) is 1. The van der Waals surface area contributed by atoms with Crippen molar-refractivity contribution >= 4 is 38.1 Å². The van der Waals surface area contributed by atoms with E-state index >= 15 is 0 Å². The summed E-state index contributed by atoms with van der Waals surface area (Å²) in [5.74, 6) is 1.45. The standard InChI is InChI=1S/C15H13NO3S/c1-8(17)11-7-10-13(18-2)12-9(5-4-6-16-12)14(19-3)15(10)20-11/h4-7H,1-3H3. The number of methoxy groups -OCH3 is 2. The second-order valence-corrected chi connectivity index (χ2v) is 5.43. The maximum Gasteiger partial charge on any atom is 0.169 e. The molecule has 0 fully saturated rings. The van der Waals surface area contributed by atoms with Crippen molar-refractivity contribution in [1.82, 2.24) is 4.98 Å². The number of thiophene rings is 1. The summed E-state index contributed by atoms with van der Waals surface area (Å²) in [6.45, 7) is 1.56. The van der Waals surface area contributed by atoms with Gasteiger partial charge in [-0.05, 0) is 25.1 Å². The maximum atomic E-state index is 11.6. The van der Waals surface area contributed by atoms with Gasteiger partial charge in [0.05, 0.1) is 23.8 Å². The molecule has 0 aliphatic carbocycles. The molecule has 0 aliphatic heterocycles. The van der Waals surface area contributed by atoms with Crippen LogP contribution in [0.3, 0.4) is 0 Å². The largest absolute Gasteiger partial charge is 0.495 e. The summed E-state index contributed by atoms with van der Waals surface area (Å²) in [5.41, 5.74) is 0.743. The second-order valence-electron chi connectivity index (χ2n) is 4.38. The highest BCUT2D eigenvalue weighted by molar-refractivity contribution is 7.21. The van der Waals surface area contributed by atoms with E-state index in [9.17, 15) is 4.79 Å². The van der Waals surface area contributed by atoms with Gasteiger partial charge in [0.1, 0.15) is 11.3 Å². The minimum absolute atomic E-state index is 0.0346. The van der Waals surface area contributed by atoms with E-state index < -0.39 is 0 Å². The van der Waals surface area contributed by atoms with Crippen LogP contribution in [0.5, 0.6) is 11.5 Å². The van der Waals surface area contributed by atoms with Gasteiger partial charge in [-0.1, -0.05) is 0 Å². The van der Waals surface area contributed by atoms with Crippen LogP contribution in [0, 0.1) is 0 Å². The van der Waals surface area contributed by atoms with Crippen LogP contribution < -0.4 is 9.47 Å². The number of carbonyl (C=O) groups excluding carboxylic acids is 1. The van der Waals surface area contributed by atoms with E-state index in [4.69, 9.17) is 9.47 Å². The molecule has 0 saturated carbocycles. The normalized spacial score (nSPS) is 10.9. The van der Waals surface area contributed by atoms with Gasteiger partial charge in [0, 0.05) is 17.0 Å². The van der Waals surface area contributed by atoms with E-state index in [0.717, 1.165) is 26.7 Å². The highest BCUT2D eigenvalue weighted by Crippen LogP contribution is 2.45. The first-order valence-electron chi connectivity index (χ1n) is 6.10. The first kappa shape index (κ1) is 12.9. The van der Waals surface area contributed by atoms with Gasteiger partial charge in [-0.15, -0.1) is 11.3 Å². The van der Waals surface area contributed by atoms with Gasteiger partial charge in [-0.25, -0.2) is 0 Å². The molecule has 0 unspecified atom stereocenters. The van der Waals surface area contributed by atoms with Gasteiger partial charge in [0.15, 0.2) is 11.5 Å². The van der Waals surface area contributed by atoms with Crippen molar-refractivity contribution in [3.05, 3.63) is 29.3 Å². The van der Waals surface area contributed by atoms with E-state index in [1.165, 1.54) is 11.3 Å². The lowest BCUT2D eigenvalue weighted by molar-refractivity contribution is 0.102. The molecule has 0 amide bonds. The maximum absolute atomic E-state index is 11.6. The fraction of sp³-hybridized carbons (Fsp3) is 0.200. The van der Waals surface area contributed by atoms with Crippen molar-refractivity contribution in [3.8, 4) is 11.5 Å². The molecule has 20 heavy (non-hydrogen) atoms. The lowest BCUT2D eigenvalue weighted by Crippen LogP contribution is -1.92. The summed E-state index contributed by atoms with van der Waals surface area (Å²) in [5, 5.41) is 1.75. The quantitative estimate of drug-likeness (QED) is 0.690. The van der Waals surface area contributed by atoms with Crippen LogP contribution in [0.15, 0.2) is 24.4 Å². The molecule has 102 valence electrons. The van der Waals surface area contributed by atoms with Gasteiger partial charge in [0.2, 0.25) is 0 Å². The highest BCUT2D eigenvalue weighted by atomic mass is 32.1. The first-order chi connectivity index (χ1) is 9.67. The third-order valence-corrected chi connectivity index (χ3v) is 4.44. The molecule has 4 nitrogen and oxygen atoms in total. The van der Waals surface area contributed by atoms with Gasteiger partial charge in [-0.2, -0.15) is 0 Å². The Bertz CT molecular complexity index is 762. The molecule has 0 spiro atoms. The number of Topliss-reactive ketones (excluding diaryl/α,β-unsaturated/α-hetero) is 1. The number of fused-ring (bicyclic) bond motifs is 2. The molecule has 0 saturated heterocycles. The van der Waals surface area contributed by atoms with Crippen LogP contribution >= 0.6 is 11.3 Å². The Morgan fingerprint density at radius 1 is 1.20 bits per heavy atom. The number of aromatic nitrogens is 1. The molecule has 2 heterocycles. The molecular formula is C15H13NO3S. The van der Waals surface area contributed by atoms with Gasteiger partial charge in [-0.3, -0.25) is 9.78 Å². The number of ether oxygens (including phenoxy) is 2. The minimum Gasteiger partial charge on any atom is -0.495 e. The van der Waals surface area contributed by atoms with Crippen LogP contribution in [0.1, 0.15) is 16.6 Å². The van der Waals surface area contributed by atoms with Gasteiger partial charge >= 0.3 is 0 Å². The Kier molecular flexibility index (Phi) is 3.06. The van der Waals surface area contributed by atoms with E-state index in [-0.39, 0.29) is 5.78 Å². The monoisotopic (exact) mass is 287 g/mol. The van der Waals surface area contributed by atoms with E-state index in [0.29, 0.717) is 10.6 Å². The SMILES string of the molecule is COc1c2cc(C(C)=O)sc2c(OC)c2cccnc12. The third kappa shape index (κ3) is 1.74. The van der Waals surface area contributed by atoms with Gasteiger partial charge in [0.25, 0.3) is 0 Å². The van der Waals surface area contributed by atoms with Gasteiger partial charge < -0.3 is 9.47 Å². The van der Waals surface area contributed by atoms with Crippen molar-refractivity contribution in [2.75, 3.05) is 14.2 Å². The summed E-state index contributed by atoms with van der Waals surface area (Å²) in [6.07, 6.45) is 1.72. The number of benzene rings is 1. The van der Waals surface area contributed by atoms with E-state index in [1.807, 2.05) is 18.2 Å². The van der Waals surface area contributed by atoms with Crippen LogP contribution in [0.25, 0.3) is 21.0 Å². The summed E-state index contributed by atoms with van der Waals surface area (Å²) in [6, 6.07) is 5.64. The predicted molar refractivity (Wildman–Crippen MR) is 80.2 cm³/mol. The van der Waals surface area contributed by atoms with Crippen molar-refractivity contribution in [3.63, 3.8) is 0 Å². The summed E-state index contributed by atoms with van der Waals surface area (Å²) >= 11 is 1.42. The molecule has 0 radical (unpaired) electrons. The number of hydrogen-bond donors (Lipinski definition) is 0. The Morgan fingerprint density at radius 2 is 1.95 bits per heavy atom. The molecule has 3 aromatic rings. The average molecular weight is 287 g/mol. The van der Waals surface area contributed by atoms with Crippen LogP contribution in [-0.4, -0.2) is 25.0 Å². The zero-order valence-corrected chi connectivity index (χ0v) is 12.2. The Labute approximate surface area is 120 Å². The molecule has 0 N–H and O–H groups in total. The number of ketones is 1. The zero-order valence-electron chi connectivity index (χ0n) is 11.4. The van der Waals surface area contributed by atoms with E-state index in [2.05, 4.69) is 4.98 Å². The summed E-state index contributed by atoms with van der Waals surface area (Å²) in [7, 11) is 3.24. The number of hydrogen-bond acceptors (Lipinski definition) is 5. The molecule has 0 aliphatic rings. The lowest BCUT2D eigenvalue weighted by Gasteiger charge is -2.10. The van der Waals surface area contributed by atoms with Crippen LogP contribution in [0.2, 0.25) is 0 Å². The first-order valence-corrected chi connectivity index (χ1v) is 6.92. The second kappa shape index (κ2) is 4.76. The van der Waals surface area contributed by atoms with Crippen LogP contribution in [-0.2, 0) is 0 Å². The molecule has 2 aromatic heterocycles. The summed E-state index contributed by atoms with van der Waals surface area (Å²) in [4.78, 5) is 16.7. The minimum atomic E-state index is 0.0346. The zero-order chi connectivity index (χ0) is 14.3. The summed E-state index contributed by atoms with van der Waals surface area (Å²) < 4.78 is 12.0. The molecule has 0 bridgehead atoms. The average Bonchev–Trinajstić information content (AvgIpc) is 2.89. The third-order valence-electron chi connectivity index (χ3n) is 3.21. The Hall–Kier alpha value is -2.14. The molecule has 3 rings (SSSR count). The number of rotatable bonds is 3. The molecule has 5 heteroatoms. The fourth-order valence-electron chi connectivity index (χ4n) is 2.33. The van der Waals surface area contributed by atoms with E-state index in [1.54, 1.807) is 27.3 Å². The smallest absolute Gasteiger partial charge is 0.169 e.